The van der Waals surface area contributed by atoms with Crippen LogP contribution >= 0.6 is 0 Å². The van der Waals surface area contributed by atoms with Gasteiger partial charge in [0.2, 0.25) is 0 Å². The van der Waals surface area contributed by atoms with Crippen molar-refractivity contribution in [3.8, 4) is 11.6 Å². The lowest BCUT2D eigenvalue weighted by Gasteiger charge is -2.10. The van der Waals surface area contributed by atoms with Gasteiger partial charge in [0, 0.05) is 30.8 Å². The summed E-state index contributed by atoms with van der Waals surface area (Å²) in [5, 5.41) is 9.78. The summed E-state index contributed by atoms with van der Waals surface area (Å²) in [7, 11) is 1.62. The quantitative estimate of drug-likeness (QED) is 0.750. The molecule has 0 radical (unpaired) electrons. The number of nitrogens with one attached hydrogen (secondary N) is 2. The van der Waals surface area contributed by atoms with Gasteiger partial charge in [0.1, 0.15) is 5.75 Å². The van der Waals surface area contributed by atoms with Crippen molar-refractivity contribution in [3.05, 3.63) is 66.1 Å². The number of anilines is 1. The molecule has 2 heterocycles. The van der Waals surface area contributed by atoms with Crippen LogP contribution in [0.15, 0.2) is 55.0 Å². The molecule has 128 valence electrons. The summed E-state index contributed by atoms with van der Waals surface area (Å²) in [4.78, 5) is 16.3. The van der Waals surface area contributed by atoms with Crippen molar-refractivity contribution in [2.75, 3.05) is 12.4 Å². The Balaban J connectivity index is 1.59. The predicted molar refractivity (Wildman–Crippen MR) is 94.9 cm³/mol. The van der Waals surface area contributed by atoms with Crippen LogP contribution in [0.1, 0.15) is 11.1 Å². The average Bonchev–Trinajstić information content (AvgIpc) is 3.15. The maximum absolute atomic E-state index is 12.1. The van der Waals surface area contributed by atoms with Gasteiger partial charge < -0.3 is 15.4 Å². The SMILES string of the molecule is COc1ccc(NC(=O)NCc2ccnc(-n3cccn3)c2)cc1C. The van der Waals surface area contributed by atoms with Crippen molar-refractivity contribution < 1.29 is 9.53 Å². The van der Waals surface area contributed by atoms with E-state index >= 15 is 0 Å². The molecule has 25 heavy (non-hydrogen) atoms. The van der Waals surface area contributed by atoms with E-state index in [0.29, 0.717) is 18.1 Å². The Labute approximate surface area is 145 Å². The molecule has 0 saturated heterocycles. The smallest absolute Gasteiger partial charge is 0.319 e. The molecule has 0 bridgehead atoms. The van der Waals surface area contributed by atoms with E-state index in [1.807, 2.05) is 43.5 Å². The molecule has 0 unspecified atom stereocenters. The molecule has 0 aliphatic heterocycles. The average molecular weight is 337 g/mol. The van der Waals surface area contributed by atoms with Crippen LogP contribution in [0.5, 0.6) is 5.75 Å². The summed E-state index contributed by atoms with van der Waals surface area (Å²) in [5.41, 5.74) is 2.60. The number of methoxy groups -OCH3 is 1. The maximum atomic E-state index is 12.1. The summed E-state index contributed by atoms with van der Waals surface area (Å²) >= 11 is 0. The number of rotatable bonds is 5. The Bertz CT molecular complexity index is 862. The van der Waals surface area contributed by atoms with Crippen LogP contribution in [0.2, 0.25) is 0 Å². The molecule has 7 heteroatoms. The summed E-state index contributed by atoms with van der Waals surface area (Å²) in [6.07, 6.45) is 5.20. The minimum absolute atomic E-state index is 0.276. The van der Waals surface area contributed by atoms with Crippen molar-refractivity contribution in [2.24, 2.45) is 0 Å². The zero-order valence-corrected chi connectivity index (χ0v) is 14.1. The third-order valence-electron chi connectivity index (χ3n) is 3.65. The summed E-state index contributed by atoms with van der Waals surface area (Å²) in [6.45, 7) is 2.31. The Kier molecular flexibility index (Phi) is 4.94. The summed E-state index contributed by atoms with van der Waals surface area (Å²) in [5.74, 6) is 1.49. The van der Waals surface area contributed by atoms with Crippen molar-refractivity contribution in [1.82, 2.24) is 20.1 Å². The van der Waals surface area contributed by atoms with E-state index in [2.05, 4.69) is 20.7 Å². The molecule has 3 aromatic rings. The fourth-order valence-electron chi connectivity index (χ4n) is 2.41. The second-order valence-corrected chi connectivity index (χ2v) is 5.46. The van der Waals surface area contributed by atoms with E-state index in [-0.39, 0.29) is 6.03 Å². The van der Waals surface area contributed by atoms with Gasteiger partial charge in [-0.3, -0.25) is 0 Å². The lowest BCUT2D eigenvalue weighted by molar-refractivity contribution is 0.251. The summed E-state index contributed by atoms with van der Waals surface area (Å²) in [6, 6.07) is 10.8. The number of nitrogens with zero attached hydrogens (tertiary/aromatic N) is 3. The standard InChI is InChI=1S/C18H19N5O2/c1-13-10-15(4-5-16(13)25-2)22-18(24)20-12-14-6-8-19-17(11-14)23-9-3-7-21-23/h3-11H,12H2,1-2H3,(H2,20,22,24). The van der Waals surface area contributed by atoms with Gasteiger partial charge in [0.25, 0.3) is 0 Å². The molecule has 3 rings (SSSR count). The van der Waals surface area contributed by atoms with Gasteiger partial charge in [-0.2, -0.15) is 5.10 Å². The number of hydrogen-bond acceptors (Lipinski definition) is 4. The number of benzene rings is 1. The minimum Gasteiger partial charge on any atom is -0.496 e. The van der Waals surface area contributed by atoms with Gasteiger partial charge >= 0.3 is 6.03 Å². The first-order valence-electron chi connectivity index (χ1n) is 7.80. The topological polar surface area (TPSA) is 81.1 Å². The molecule has 7 nitrogen and oxygen atoms in total. The number of carbonyl (C=O) groups excluding carboxylic acids is 1. The van der Waals surface area contributed by atoms with Crippen molar-refractivity contribution in [3.63, 3.8) is 0 Å². The molecule has 0 saturated carbocycles. The van der Waals surface area contributed by atoms with E-state index < -0.39 is 0 Å². The molecular weight excluding hydrogens is 318 g/mol. The second kappa shape index (κ2) is 7.48. The van der Waals surface area contributed by atoms with Crippen LogP contribution in [0.25, 0.3) is 5.82 Å². The van der Waals surface area contributed by atoms with Crippen molar-refractivity contribution in [1.29, 1.82) is 0 Å². The minimum atomic E-state index is -0.276. The van der Waals surface area contributed by atoms with Gasteiger partial charge in [0.15, 0.2) is 5.82 Å². The highest BCUT2D eigenvalue weighted by molar-refractivity contribution is 5.89. The zero-order chi connectivity index (χ0) is 17.6. The Morgan fingerprint density at radius 2 is 2.12 bits per heavy atom. The van der Waals surface area contributed by atoms with E-state index in [9.17, 15) is 4.79 Å². The molecule has 0 aliphatic rings. The third kappa shape index (κ3) is 4.14. The molecule has 2 amide bonds. The number of amides is 2. The maximum Gasteiger partial charge on any atom is 0.319 e. The highest BCUT2D eigenvalue weighted by atomic mass is 16.5. The fraction of sp³-hybridized carbons (Fsp3) is 0.167. The monoisotopic (exact) mass is 337 g/mol. The number of aryl methyl sites for hydroxylation is 1. The van der Waals surface area contributed by atoms with E-state index in [4.69, 9.17) is 4.74 Å². The fourth-order valence-corrected chi connectivity index (χ4v) is 2.41. The van der Waals surface area contributed by atoms with Crippen LogP contribution in [0, 0.1) is 6.92 Å². The van der Waals surface area contributed by atoms with Crippen LogP contribution < -0.4 is 15.4 Å². The highest BCUT2D eigenvalue weighted by Gasteiger charge is 2.05. The molecule has 0 spiro atoms. The van der Waals surface area contributed by atoms with Gasteiger partial charge in [-0.25, -0.2) is 14.5 Å². The van der Waals surface area contributed by atoms with E-state index in [1.54, 1.807) is 30.3 Å². The normalized spacial score (nSPS) is 10.3. The summed E-state index contributed by atoms with van der Waals surface area (Å²) < 4.78 is 6.88. The molecular formula is C18H19N5O2. The van der Waals surface area contributed by atoms with E-state index in [1.165, 1.54) is 0 Å². The number of carbonyl (C=O) groups is 1. The lowest BCUT2D eigenvalue weighted by atomic mass is 10.2. The first-order chi connectivity index (χ1) is 12.2. The van der Waals surface area contributed by atoms with Crippen molar-refractivity contribution in [2.45, 2.75) is 13.5 Å². The van der Waals surface area contributed by atoms with Crippen molar-refractivity contribution >= 4 is 11.7 Å². The number of pyridine rings is 1. The Morgan fingerprint density at radius 3 is 2.84 bits per heavy atom. The molecule has 2 N–H and O–H groups in total. The Hall–Kier alpha value is -3.35. The largest absolute Gasteiger partial charge is 0.496 e. The Morgan fingerprint density at radius 1 is 1.24 bits per heavy atom. The third-order valence-corrected chi connectivity index (χ3v) is 3.65. The zero-order valence-electron chi connectivity index (χ0n) is 14.1. The molecule has 2 aromatic heterocycles. The first kappa shape index (κ1) is 16.5. The lowest BCUT2D eigenvalue weighted by Crippen LogP contribution is -2.28. The van der Waals surface area contributed by atoms with Crippen LogP contribution in [-0.2, 0) is 6.54 Å². The number of ether oxygens (including phenoxy) is 1. The van der Waals surface area contributed by atoms with Crippen LogP contribution in [-0.4, -0.2) is 27.9 Å². The second-order valence-electron chi connectivity index (χ2n) is 5.46. The highest BCUT2D eigenvalue weighted by Crippen LogP contribution is 2.21. The predicted octanol–water partition coefficient (Wildman–Crippen LogP) is 2.91. The molecule has 1 aromatic carbocycles. The first-order valence-corrected chi connectivity index (χ1v) is 7.80. The molecule has 0 atom stereocenters. The molecule has 0 fully saturated rings. The van der Waals surface area contributed by atoms with Gasteiger partial charge in [0.05, 0.1) is 7.11 Å². The number of aromatic nitrogens is 3. The molecule has 0 aliphatic carbocycles. The van der Waals surface area contributed by atoms with Crippen LogP contribution in [0.4, 0.5) is 10.5 Å². The van der Waals surface area contributed by atoms with Gasteiger partial charge in [-0.1, -0.05) is 0 Å². The van der Waals surface area contributed by atoms with Crippen LogP contribution in [0.3, 0.4) is 0 Å². The number of hydrogen-bond donors (Lipinski definition) is 2. The van der Waals surface area contributed by atoms with E-state index in [0.717, 1.165) is 16.9 Å². The van der Waals surface area contributed by atoms with Gasteiger partial charge in [-0.15, -0.1) is 0 Å². The number of urea groups is 1. The van der Waals surface area contributed by atoms with Gasteiger partial charge in [-0.05, 0) is 54.4 Å².